The highest BCUT2D eigenvalue weighted by atomic mass is 16.5. The molecule has 0 atom stereocenters. The van der Waals surface area contributed by atoms with Gasteiger partial charge >= 0.3 is 0 Å². The second kappa shape index (κ2) is 10.6. The zero-order valence-corrected chi connectivity index (χ0v) is 14.6. The largest absolute Gasteiger partial charge is 0.493 e. The van der Waals surface area contributed by atoms with Gasteiger partial charge in [-0.2, -0.15) is 0 Å². The minimum Gasteiger partial charge on any atom is -0.493 e. The molecule has 2 aromatic carbocycles. The summed E-state index contributed by atoms with van der Waals surface area (Å²) in [4.78, 5) is 0. The van der Waals surface area contributed by atoms with E-state index in [1.165, 1.54) is 0 Å². The van der Waals surface area contributed by atoms with Gasteiger partial charge in [0.2, 0.25) is 0 Å². The summed E-state index contributed by atoms with van der Waals surface area (Å²) in [5.74, 6) is 1.78. The molecule has 0 spiro atoms. The minimum atomic E-state index is 0.561. The molecule has 130 valence electrons. The van der Waals surface area contributed by atoms with Crippen molar-refractivity contribution in [1.82, 2.24) is 0 Å². The molecule has 0 heterocycles. The van der Waals surface area contributed by atoms with Gasteiger partial charge in [-0.1, -0.05) is 31.2 Å². The number of hydrogen-bond acceptors (Lipinski definition) is 4. The number of hydrogen-bond donors (Lipinski definition) is 1. The molecule has 0 amide bonds. The Morgan fingerprint density at radius 2 is 1.75 bits per heavy atom. The summed E-state index contributed by atoms with van der Waals surface area (Å²) < 4.78 is 16.8. The lowest BCUT2D eigenvalue weighted by atomic mass is 10.2. The monoisotopic (exact) mass is 329 g/mol. The molecule has 2 rings (SSSR count). The molecule has 0 aliphatic rings. The van der Waals surface area contributed by atoms with Crippen LogP contribution in [0.15, 0.2) is 48.5 Å². The topological polar surface area (TPSA) is 39.7 Å². The lowest BCUT2D eigenvalue weighted by Gasteiger charge is -2.13. The van der Waals surface area contributed by atoms with Crippen LogP contribution >= 0.6 is 0 Å². The van der Waals surface area contributed by atoms with E-state index in [9.17, 15) is 0 Å². The van der Waals surface area contributed by atoms with Gasteiger partial charge in [-0.3, -0.25) is 0 Å². The van der Waals surface area contributed by atoms with Crippen LogP contribution in [0.25, 0.3) is 0 Å². The minimum absolute atomic E-state index is 0.561. The molecule has 1 N–H and O–H groups in total. The van der Waals surface area contributed by atoms with Crippen LogP contribution in [0.5, 0.6) is 11.5 Å². The van der Waals surface area contributed by atoms with Crippen molar-refractivity contribution in [2.45, 2.75) is 26.8 Å². The Morgan fingerprint density at radius 1 is 0.875 bits per heavy atom. The van der Waals surface area contributed by atoms with Crippen LogP contribution in [0, 0.1) is 0 Å². The average Bonchev–Trinajstić information content (AvgIpc) is 2.63. The Kier molecular flexibility index (Phi) is 7.98. The van der Waals surface area contributed by atoms with Crippen molar-refractivity contribution in [3.8, 4) is 11.5 Å². The molecule has 2 aromatic rings. The summed E-state index contributed by atoms with van der Waals surface area (Å²) >= 11 is 0. The Bertz CT molecular complexity index is 601. The third kappa shape index (κ3) is 6.13. The van der Waals surface area contributed by atoms with E-state index in [0.717, 1.165) is 35.8 Å². The molecule has 0 aliphatic carbocycles. The summed E-state index contributed by atoms with van der Waals surface area (Å²) in [5.41, 5.74) is 2.17. The molecule has 0 aliphatic heterocycles. The first-order valence-electron chi connectivity index (χ1n) is 8.58. The van der Waals surface area contributed by atoms with Gasteiger partial charge in [-0.15, -0.1) is 0 Å². The van der Waals surface area contributed by atoms with Gasteiger partial charge in [-0.05, 0) is 31.5 Å². The van der Waals surface area contributed by atoms with Gasteiger partial charge < -0.3 is 19.5 Å². The van der Waals surface area contributed by atoms with Gasteiger partial charge in [0.1, 0.15) is 18.1 Å². The van der Waals surface area contributed by atoms with Gasteiger partial charge in [0.15, 0.2) is 0 Å². The quantitative estimate of drug-likeness (QED) is 0.616. The molecule has 0 saturated heterocycles. The SMILES string of the molecule is CCCOc1ccccc1CNc1cccc(OCCOCC)c1. The lowest BCUT2D eigenvalue weighted by molar-refractivity contribution is 0.110. The first-order valence-corrected chi connectivity index (χ1v) is 8.58. The highest BCUT2D eigenvalue weighted by Crippen LogP contribution is 2.22. The molecule has 0 aromatic heterocycles. The zero-order chi connectivity index (χ0) is 17.0. The van der Waals surface area contributed by atoms with E-state index in [2.05, 4.69) is 18.3 Å². The van der Waals surface area contributed by atoms with Crippen molar-refractivity contribution in [1.29, 1.82) is 0 Å². The summed E-state index contributed by atoms with van der Waals surface area (Å²) in [6, 6.07) is 16.1. The molecule has 0 bridgehead atoms. The van der Waals surface area contributed by atoms with Crippen molar-refractivity contribution in [2.75, 3.05) is 31.7 Å². The maximum atomic E-state index is 5.80. The standard InChI is InChI=1S/C20H27NO3/c1-3-12-24-20-11-6-5-8-17(20)16-21-18-9-7-10-19(15-18)23-14-13-22-4-2/h5-11,15,21H,3-4,12-14,16H2,1-2H3. The van der Waals surface area contributed by atoms with Gasteiger partial charge in [0, 0.05) is 30.5 Å². The van der Waals surface area contributed by atoms with E-state index in [1.807, 2.05) is 49.4 Å². The third-order valence-electron chi connectivity index (χ3n) is 3.45. The van der Waals surface area contributed by atoms with E-state index < -0.39 is 0 Å². The fraction of sp³-hybridized carbons (Fsp3) is 0.400. The number of benzene rings is 2. The zero-order valence-electron chi connectivity index (χ0n) is 14.6. The van der Waals surface area contributed by atoms with Crippen LogP contribution in [0.4, 0.5) is 5.69 Å². The van der Waals surface area contributed by atoms with E-state index in [1.54, 1.807) is 0 Å². The molecule has 0 radical (unpaired) electrons. The second-order valence-corrected chi connectivity index (χ2v) is 5.38. The molecule has 4 nitrogen and oxygen atoms in total. The first kappa shape index (κ1) is 18.1. The number of para-hydroxylation sites is 1. The maximum absolute atomic E-state index is 5.80. The molecule has 0 fully saturated rings. The van der Waals surface area contributed by atoms with E-state index in [0.29, 0.717) is 26.4 Å². The van der Waals surface area contributed by atoms with Gasteiger partial charge in [0.25, 0.3) is 0 Å². The molecule has 0 unspecified atom stereocenters. The molecule has 0 saturated carbocycles. The van der Waals surface area contributed by atoms with E-state index in [4.69, 9.17) is 14.2 Å². The Morgan fingerprint density at radius 3 is 2.58 bits per heavy atom. The Balaban J connectivity index is 1.90. The number of rotatable bonds is 11. The first-order chi connectivity index (χ1) is 11.8. The van der Waals surface area contributed by atoms with E-state index in [-0.39, 0.29) is 0 Å². The predicted octanol–water partition coefficient (Wildman–Crippen LogP) is 4.50. The van der Waals surface area contributed by atoms with Crippen LogP contribution in [0.2, 0.25) is 0 Å². The summed E-state index contributed by atoms with van der Waals surface area (Å²) in [6.45, 7) is 7.42. The van der Waals surface area contributed by atoms with Crippen molar-refractivity contribution >= 4 is 5.69 Å². The third-order valence-corrected chi connectivity index (χ3v) is 3.45. The number of anilines is 1. The Hall–Kier alpha value is -2.20. The molecular weight excluding hydrogens is 302 g/mol. The van der Waals surface area contributed by atoms with Crippen LogP contribution < -0.4 is 14.8 Å². The van der Waals surface area contributed by atoms with Gasteiger partial charge in [0.05, 0.1) is 13.2 Å². The number of nitrogens with one attached hydrogen (secondary N) is 1. The average molecular weight is 329 g/mol. The smallest absolute Gasteiger partial charge is 0.124 e. The van der Waals surface area contributed by atoms with Crippen LogP contribution in [-0.4, -0.2) is 26.4 Å². The van der Waals surface area contributed by atoms with Crippen LogP contribution in [0.1, 0.15) is 25.8 Å². The van der Waals surface area contributed by atoms with Crippen molar-refractivity contribution in [2.24, 2.45) is 0 Å². The highest BCUT2D eigenvalue weighted by molar-refractivity contribution is 5.49. The van der Waals surface area contributed by atoms with Crippen LogP contribution in [-0.2, 0) is 11.3 Å². The predicted molar refractivity (Wildman–Crippen MR) is 98.0 cm³/mol. The number of ether oxygens (including phenoxy) is 3. The highest BCUT2D eigenvalue weighted by Gasteiger charge is 2.03. The Labute approximate surface area is 144 Å². The normalized spacial score (nSPS) is 10.4. The molecule has 4 heteroatoms. The van der Waals surface area contributed by atoms with Crippen LogP contribution in [0.3, 0.4) is 0 Å². The van der Waals surface area contributed by atoms with E-state index >= 15 is 0 Å². The van der Waals surface area contributed by atoms with Crippen molar-refractivity contribution < 1.29 is 14.2 Å². The fourth-order valence-electron chi connectivity index (χ4n) is 2.26. The summed E-state index contributed by atoms with van der Waals surface area (Å²) in [7, 11) is 0. The molecular formula is C20H27NO3. The van der Waals surface area contributed by atoms with Gasteiger partial charge in [-0.25, -0.2) is 0 Å². The summed E-state index contributed by atoms with van der Waals surface area (Å²) in [5, 5.41) is 3.43. The summed E-state index contributed by atoms with van der Waals surface area (Å²) in [6.07, 6.45) is 1.00. The molecule has 24 heavy (non-hydrogen) atoms. The van der Waals surface area contributed by atoms with Crippen molar-refractivity contribution in [3.05, 3.63) is 54.1 Å². The fourth-order valence-corrected chi connectivity index (χ4v) is 2.26. The lowest BCUT2D eigenvalue weighted by Crippen LogP contribution is -2.07. The second-order valence-electron chi connectivity index (χ2n) is 5.38. The maximum Gasteiger partial charge on any atom is 0.124 e. The van der Waals surface area contributed by atoms with Crippen molar-refractivity contribution in [3.63, 3.8) is 0 Å².